The number of nitrogens with two attached hydrogens (primary N) is 1. The lowest BCUT2D eigenvalue weighted by atomic mass is 10.1. The number of anilines is 1. The number of aliphatic hydroxyl groups excluding tert-OH is 2. The molecule has 174 valence electrons. The van der Waals surface area contributed by atoms with E-state index in [-0.39, 0.29) is 17.0 Å². The maximum Gasteiger partial charge on any atom is 0.280 e. The van der Waals surface area contributed by atoms with Crippen molar-refractivity contribution in [2.45, 2.75) is 24.5 Å². The Balaban J connectivity index is 1.69. The second-order valence-electron chi connectivity index (χ2n) is 5.95. The van der Waals surface area contributed by atoms with Gasteiger partial charge in [-0.2, -0.15) is 0 Å². The first-order valence-corrected chi connectivity index (χ1v) is 12.3. The fourth-order valence-corrected chi connectivity index (χ4v) is 5.50. The maximum absolute atomic E-state index is 11.6. The molecule has 3 rings (SSSR count). The summed E-state index contributed by atoms with van der Waals surface area (Å²) in [6, 6.07) is 0. The van der Waals surface area contributed by atoms with Gasteiger partial charge in [0.2, 0.25) is 0 Å². The molecule has 0 aliphatic carbocycles. The lowest BCUT2D eigenvalue weighted by Crippen LogP contribution is -2.34. The van der Waals surface area contributed by atoms with Crippen LogP contribution in [-0.2, 0) is 31.6 Å². The Morgan fingerprint density at radius 1 is 1.10 bits per heavy atom. The van der Waals surface area contributed by atoms with Crippen molar-refractivity contribution in [2.24, 2.45) is 0 Å². The molecule has 0 radical (unpaired) electrons. The van der Waals surface area contributed by atoms with E-state index in [0.29, 0.717) is 0 Å². The number of aliphatic hydroxyl groups is 2. The van der Waals surface area contributed by atoms with E-state index in [4.69, 9.17) is 15.4 Å². The van der Waals surface area contributed by atoms with Gasteiger partial charge in [-0.3, -0.25) is 18.3 Å². The number of ether oxygens (including phenoxy) is 1. The minimum Gasteiger partial charge on any atom is -0.756 e. The molecule has 2 aromatic heterocycles. The summed E-state index contributed by atoms with van der Waals surface area (Å²) in [4.78, 5) is 53.1. The van der Waals surface area contributed by atoms with Gasteiger partial charge in [0, 0.05) is 0 Å². The van der Waals surface area contributed by atoms with Crippen LogP contribution in [0.15, 0.2) is 12.7 Å². The van der Waals surface area contributed by atoms with Gasteiger partial charge in [-0.25, -0.2) is 23.6 Å². The summed E-state index contributed by atoms with van der Waals surface area (Å²) >= 11 is 0. The molecule has 2 aromatic rings. The van der Waals surface area contributed by atoms with Crippen LogP contribution < -0.4 is 20.4 Å². The fourth-order valence-electron chi connectivity index (χ4n) is 2.61. The summed E-state index contributed by atoms with van der Waals surface area (Å²) in [5.41, 5.74) is 5.94. The third kappa shape index (κ3) is 5.71. The average Bonchev–Trinajstić information content (AvgIpc) is 3.13. The SMILES string of the molecule is Nc1ncnc2c1ncn2[C@@H]1O[C@H](COP(=O)([O-])OP(=O)([O-])OP(=O)([O-])O)[C@@H](O)[C@H]1O. The van der Waals surface area contributed by atoms with E-state index in [2.05, 4.69) is 28.1 Å². The van der Waals surface area contributed by atoms with Crippen LogP contribution in [0.3, 0.4) is 0 Å². The number of nitrogens with zero attached hydrogens (tertiary/aromatic N) is 4. The van der Waals surface area contributed by atoms with Crippen LogP contribution in [0.1, 0.15) is 6.23 Å². The molecule has 1 fully saturated rings. The topological polar surface area (TPSA) is 288 Å². The predicted molar refractivity (Wildman–Crippen MR) is 88.8 cm³/mol. The second kappa shape index (κ2) is 8.53. The van der Waals surface area contributed by atoms with Gasteiger partial charge in [0.05, 0.1) is 12.9 Å². The lowest BCUT2D eigenvalue weighted by molar-refractivity contribution is -0.250. The standard InChI is InChI=1S/C10H16N5O13P3/c11-8-5-9(13-2-12-8)15(3-14-5)10-7(17)6(16)4(26-10)1-25-30(21,22)28-31(23,24)27-29(18,19)20/h2-4,6-7,10,16-17H,1H2,(H,21,22)(H,23,24)(H2,11,12,13)(H2,18,19,20)/p-3/t4-,6-,7-,10-/m1/s1. The monoisotopic (exact) mass is 504 g/mol. The number of hydrogen-bond acceptors (Lipinski definition) is 16. The smallest absolute Gasteiger partial charge is 0.280 e. The average molecular weight is 504 g/mol. The number of fused-ring (bicyclic) bond motifs is 1. The zero-order valence-electron chi connectivity index (χ0n) is 14.8. The van der Waals surface area contributed by atoms with Crippen LogP contribution >= 0.6 is 23.5 Å². The van der Waals surface area contributed by atoms with Crippen LogP contribution in [-0.4, -0.2) is 59.5 Å². The number of phosphoric ester groups is 1. The molecule has 7 atom stereocenters. The maximum atomic E-state index is 11.6. The highest BCUT2D eigenvalue weighted by Gasteiger charge is 2.45. The molecular weight excluding hydrogens is 491 g/mol. The first-order chi connectivity index (χ1) is 14.2. The van der Waals surface area contributed by atoms with E-state index in [1.807, 2.05) is 0 Å². The van der Waals surface area contributed by atoms with Crippen molar-refractivity contribution in [1.82, 2.24) is 19.5 Å². The predicted octanol–water partition coefficient (Wildman–Crippen LogP) is -3.52. The summed E-state index contributed by atoms with van der Waals surface area (Å²) in [5, 5.41) is 20.3. The molecule has 1 aliphatic heterocycles. The Kier molecular flexibility index (Phi) is 6.68. The molecule has 0 saturated carbocycles. The summed E-state index contributed by atoms with van der Waals surface area (Å²) in [5.74, 6) is 0.0240. The normalized spacial score (nSPS) is 30.0. The lowest BCUT2D eigenvalue weighted by Gasteiger charge is -2.33. The molecule has 18 nitrogen and oxygen atoms in total. The summed E-state index contributed by atoms with van der Waals surface area (Å²) in [7, 11) is -17.7. The Morgan fingerprint density at radius 2 is 1.77 bits per heavy atom. The molecule has 21 heteroatoms. The third-order valence-electron chi connectivity index (χ3n) is 3.80. The fraction of sp³-hybridized carbons (Fsp3) is 0.500. The van der Waals surface area contributed by atoms with Crippen molar-refractivity contribution < 1.29 is 61.4 Å². The minimum atomic E-state index is -6.08. The Labute approximate surface area is 171 Å². The van der Waals surface area contributed by atoms with Gasteiger partial charge in [-0.05, 0) is 0 Å². The zero-order chi connectivity index (χ0) is 23.2. The number of aromatic nitrogens is 4. The van der Waals surface area contributed by atoms with Gasteiger partial charge in [-0.1, -0.05) is 0 Å². The number of nitrogen functional groups attached to an aromatic ring is 1. The number of hydrogen-bond donors (Lipinski definition) is 4. The molecule has 0 aromatic carbocycles. The van der Waals surface area contributed by atoms with E-state index in [1.54, 1.807) is 0 Å². The van der Waals surface area contributed by atoms with Gasteiger partial charge in [0.25, 0.3) is 23.5 Å². The van der Waals surface area contributed by atoms with E-state index >= 15 is 0 Å². The summed E-state index contributed by atoms with van der Waals surface area (Å²) in [6.45, 7) is -1.06. The van der Waals surface area contributed by atoms with Crippen molar-refractivity contribution in [3.05, 3.63) is 12.7 Å². The zero-order valence-corrected chi connectivity index (χ0v) is 17.5. The molecular formula is C10H13N5O13P3-3. The Morgan fingerprint density at radius 3 is 2.42 bits per heavy atom. The van der Waals surface area contributed by atoms with Crippen LogP contribution in [0.25, 0.3) is 11.2 Å². The van der Waals surface area contributed by atoms with Crippen LogP contribution in [0.2, 0.25) is 0 Å². The molecule has 3 unspecified atom stereocenters. The van der Waals surface area contributed by atoms with Crippen LogP contribution in [0.4, 0.5) is 5.82 Å². The highest BCUT2D eigenvalue weighted by molar-refractivity contribution is 7.65. The quantitative estimate of drug-likeness (QED) is 0.253. The minimum absolute atomic E-state index is 0.0240. The molecule has 31 heavy (non-hydrogen) atoms. The van der Waals surface area contributed by atoms with Gasteiger partial charge in [-0.15, -0.1) is 0 Å². The molecule has 1 saturated heterocycles. The first kappa shape index (κ1) is 24.3. The van der Waals surface area contributed by atoms with Crippen molar-refractivity contribution in [1.29, 1.82) is 0 Å². The highest BCUT2D eigenvalue weighted by Crippen LogP contribution is 2.61. The third-order valence-corrected chi connectivity index (χ3v) is 7.49. The van der Waals surface area contributed by atoms with Gasteiger partial charge in [0.1, 0.15) is 30.2 Å². The van der Waals surface area contributed by atoms with Gasteiger partial charge >= 0.3 is 0 Å². The van der Waals surface area contributed by atoms with Crippen molar-refractivity contribution in [2.75, 3.05) is 12.3 Å². The molecule has 3 heterocycles. The molecule has 0 bridgehead atoms. The van der Waals surface area contributed by atoms with E-state index in [1.165, 1.54) is 10.9 Å². The Bertz CT molecular complexity index is 1100. The molecule has 5 N–H and O–H groups in total. The number of phosphoric acid groups is 3. The summed E-state index contributed by atoms with van der Waals surface area (Å²) < 4.78 is 50.6. The van der Waals surface area contributed by atoms with Gasteiger partial charge < -0.3 is 44.8 Å². The van der Waals surface area contributed by atoms with E-state index in [9.17, 15) is 38.6 Å². The number of rotatable bonds is 8. The van der Waals surface area contributed by atoms with Gasteiger partial charge in [0.15, 0.2) is 17.7 Å². The first-order valence-electron chi connectivity index (χ1n) is 7.87. The largest absolute Gasteiger partial charge is 0.756 e. The van der Waals surface area contributed by atoms with Crippen molar-refractivity contribution >= 4 is 40.4 Å². The molecule has 0 amide bonds. The van der Waals surface area contributed by atoms with Crippen molar-refractivity contribution in [3.63, 3.8) is 0 Å². The summed E-state index contributed by atoms with van der Waals surface area (Å²) in [6.07, 6.45) is -3.94. The highest BCUT2D eigenvalue weighted by atomic mass is 31.3. The van der Waals surface area contributed by atoms with E-state index in [0.717, 1.165) is 6.33 Å². The Hall–Kier alpha value is -1.36. The van der Waals surface area contributed by atoms with Crippen molar-refractivity contribution in [3.8, 4) is 0 Å². The number of imidazole rings is 1. The second-order valence-corrected chi connectivity index (χ2v) is 10.2. The van der Waals surface area contributed by atoms with Crippen LogP contribution in [0.5, 0.6) is 0 Å². The van der Waals surface area contributed by atoms with E-state index < -0.39 is 54.6 Å². The van der Waals surface area contributed by atoms with Crippen LogP contribution in [0, 0.1) is 0 Å². The molecule has 1 aliphatic rings. The molecule has 0 spiro atoms.